The summed E-state index contributed by atoms with van der Waals surface area (Å²) in [7, 11) is -4.10. The Labute approximate surface area is 115 Å². The molecule has 0 atom stereocenters. The van der Waals surface area contributed by atoms with E-state index in [1.165, 1.54) is 12.1 Å². The summed E-state index contributed by atoms with van der Waals surface area (Å²) in [6, 6.07) is 6.94. The summed E-state index contributed by atoms with van der Waals surface area (Å²) in [5, 5.41) is 0. The Morgan fingerprint density at radius 1 is 1.10 bits per heavy atom. The van der Waals surface area contributed by atoms with E-state index in [1.54, 1.807) is 13.0 Å². The number of nitrogens with one attached hydrogen (secondary N) is 1. The lowest BCUT2D eigenvalue weighted by Gasteiger charge is -2.10. The SMILES string of the molecule is Cc1ccc(NS(=O)(=O)c2cc(N)cc(F)c2)c(F)c1. The van der Waals surface area contributed by atoms with Crippen molar-refractivity contribution in [1.29, 1.82) is 0 Å². The number of nitrogen functional groups attached to an aromatic ring is 1. The molecule has 0 heterocycles. The van der Waals surface area contributed by atoms with E-state index in [9.17, 15) is 17.2 Å². The van der Waals surface area contributed by atoms with Crippen LogP contribution in [0.3, 0.4) is 0 Å². The van der Waals surface area contributed by atoms with Crippen molar-refractivity contribution in [1.82, 2.24) is 0 Å². The number of hydrogen-bond acceptors (Lipinski definition) is 3. The van der Waals surface area contributed by atoms with Crippen LogP contribution in [0.2, 0.25) is 0 Å². The molecule has 0 amide bonds. The Hall–Kier alpha value is -2.15. The molecule has 2 aromatic carbocycles. The van der Waals surface area contributed by atoms with Crippen LogP contribution in [0.1, 0.15) is 5.56 Å². The van der Waals surface area contributed by atoms with Gasteiger partial charge in [-0.1, -0.05) is 6.07 Å². The number of sulfonamides is 1. The minimum Gasteiger partial charge on any atom is -0.399 e. The summed E-state index contributed by atoms with van der Waals surface area (Å²) in [6.07, 6.45) is 0. The second-order valence-electron chi connectivity index (χ2n) is 4.31. The molecule has 2 aromatic rings. The molecule has 0 aromatic heterocycles. The zero-order chi connectivity index (χ0) is 14.9. The summed E-state index contributed by atoms with van der Waals surface area (Å²) < 4.78 is 53.0. The molecule has 0 spiro atoms. The van der Waals surface area contributed by atoms with Crippen molar-refractivity contribution in [2.24, 2.45) is 0 Å². The fourth-order valence-corrected chi connectivity index (χ4v) is 2.78. The van der Waals surface area contributed by atoms with E-state index in [0.29, 0.717) is 5.56 Å². The van der Waals surface area contributed by atoms with Gasteiger partial charge in [-0.25, -0.2) is 17.2 Å². The van der Waals surface area contributed by atoms with Crippen LogP contribution in [0, 0.1) is 18.6 Å². The van der Waals surface area contributed by atoms with Gasteiger partial charge in [-0.15, -0.1) is 0 Å². The summed E-state index contributed by atoms with van der Waals surface area (Å²) in [5.41, 5.74) is 5.80. The second-order valence-corrected chi connectivity index (χ2v) is 5.99. The van der Waals surface area contributed by atoms with Crippen molar-refractivity contribution in [3.05, 3.63) is 53.6 Å². The third kappa shape index (κ3) is 3.05. The van der Waals surface area contributed by atoms with Crippen molar-refractivity contribution in [2.75, 3.05) is 10.5 Å². The summed E-state index contributed by atoms with van der Waals surface area (Å²) >= 11 is 0. The van der Waals surface area contributed by atoms with Gasteiger partial charge in [-0.3, -0.25) is 4.72 Å². The third-order valence-electron chi connectivity index (χ3n) is 2.57. The zero-order valence-corrected chi connectivity index (χ0v) is 11.3. The Bertz CT molecular complexity index is 741. The first kappa shape index (κ1) is 14.3. The van der Waals surface area contributed by atoms with Gasteiger partial charge in [0.2, 0.25) is 0 Å². The zero-order valence-electron chi connectivity index (χ0n) is 10.5. The Kier molecular flexibility index (Phi) is 3.63. The van der Waals surface area contributed by atoms with Gasteiger partial charge >= 0.3 is 0 Å². The third-order valence-corrected chi connectivity index (χ3v) is 3.92. The molecule has 0 radical (unpaired) electrons. The van der Waals surface area contributed by atoms with E-state index >= 15 is 0 Å². The molecule has 0 saturated heterocycles. The van der Waals surface area contributed by atoms with E-state index in [1.807, 2.05) is 0 Å². The summed E-state index contributed by atoms with van der Waals surface area (Å²) in [5.74, 6) is -1.49. The van der Waals surface area contributed by atoms with Crippen LogP contribution >= 0.6 is 0 Å². The number of anilines is 2. The van der Waals surface area contributed by atoms with Gasteiger partial charge < -0.3 is 5.73 Å². The molecule has 2 rings (SSSR count). The maximum atomic E-state index is 13.6. The molecule has 0 aliphatic heterocycles. The standard InChI is InChI=1S/C13H12F2N2O2S/c1-8-2-3-13(12(15)4-8)17-20(18,19)11-6-9(14)5-10(16)7-11/h2-7,17H,16H2,1H3. The van der Waals surface area contributed by atoms with Crippen molar-refractivity contribution in [3.8, 4) is 0 Å². The molecule has 0 fully saturated rings. The van der Waals surface area contributed by atoms with Crippen molar-refractivity contribution >= 4 is 21.4 Å². The first-order valence-electron chi connectivity index (χ1n) is 5.63. The number of rotatable bonds is 3. The minimum atomic E-state index is -4.10. The number of nitrogens with two attached hydrogens (primary N) is 1. The summed E-state index contributed by atoms with van der Waals surface area (Å²) in [4.78, 5) is -0.366. The van der Waals surface area contributed by atoms with Crippen LogP contribution in [0.25, 0.3) is 0 Å². The van der Waals surface area contributed by atoms with E-state index in [0.717, 1.165) is 18.2 Å². The van der Waals surface area contributed by atoms with Crippen molar-refractivity contribution in [2.45, 2.75) is 11.8 Å². The van der Waals surface area contributed by atoms with Gasteiger partial charge in [-0.05, 0) is 42.8 Å². The first-order chi connectivity index (χ1) is 9.28. The van der Waals surface area contributed by atoms with Gasteiger partial charge in [0.15, 0.2) is 0 Å². The molecule has 4 nitrogen and oxygen atoms in total. The van der Waals surface area contributed by atoms with Crippen LogP contribution in [-0.2, 0) is 10.0 Å². The molecular weight excluding hydrogens is 286 g/mol. The smallest absolute Gasteiger partial charge is 0.262 e. The summed E-state index contributed by atoms with van der Waals surface area (Å²) in [6.45, 7) is 1.68. The molecular formula is C13H12F2N2O2S. The molecule has 106 valence electrons. The lowest BCUT2D eigenvalue weighted by molar-refractivity contribution is 0.593. The predicted octanol–water partition coefficient (Wildman–Crippen LogP) is 2.66. The van der Waals surface area contributed by atoms with E-state index < -0.39 is 21.7 Å². The lowest BCUT2D eigenvalue weighted by atomic mass is 10.2. The molecule has 0 unspecified atom stereocenters. The highest BCUT2D eigenvalue weighted by Crippen LogP contribution is 2.22. The molecule has 0 bridgehead atoms. The highest BCUT2D eigenvalue weighted by molar-refractivity contribution is 7.92. The van der Waals surface area contributed by atoms with E-state index in [-0.39, 0.29) is 16.3 Å². The van der Waals surface area contributed by atoms with E-state index in [4.69, 9.17) is 5.73 Å². The van der Waals surface area contributed by atoms with Gasteiger partial charge in [0.25, 0.3) is 10.0 Å². The average Bonchev–Trinajstić information content (AvgIpc) is 2.31. The monoisotopic (exact) mass is 298 g/mol. The molecule has 0 aliphatic rings. The molecule has 3 N–H and O–H groups in total. The highest BCUT2D eigenvalue weighted by atomic mass is 32.2. The van der Waals surface area contributed by atoms with Crippen LogP contribution < -0.4 is 10.5 Å². The first-order valence-corrected chi connectivity index (χ1v) is 7.11. The Morgan fingerprint density at radius 3 is 2.40 bits per heavy atom. The topological polar surface area (TPSA) is 72.2 Å². The molecule has 7 heteroatoms. The van der Waals surface area contributed by atoms with Gasteiger partial charge in [0.05, 0.1) is 10.6 Å². The van der Waals surface area contributed by atoms with Crippen LogP contribution in [0.15, 0.2) is 41.3 Å². The maximum Gasteiger partial charge on any atom is 0.262 e. The van der Waals surface area contributed by atoms with Crippen LogP contribution in [0.5, 0.6) is 0 Å². The molecule has 20 heavy (non-hydrogen) atoms. The average molecular weight is 298 g/mol. The number of halogens is 2. The van der Waals surface area contributed by atoms with Crippen LogP contribution in [0.4, 0.5) is 20.2 Å². The normalized spacial score (nSPS) is 11.3. The second kappa shape index (κ2) is 5.09. The predicted molar refractivity (Wildman–Crippen MR) is 72.8 cm³/mol. The quantitative estimate of drug-likeness (QED) is 0.856. The van der Waals surface area contributed by atoms with Crippen LogP contribution in [-0.4, -0.2) is 8.42 Å². The van der Waals surface area contributed by atoms with E-state index in [2.05, 4.69) is 4.72 Å². The number of hydrogen-bond donors (Lipinski definition) is 2. The van der Waals surface area contributed by atoms with Crippen molar-refractivity contribution < 1.29 is 17.2 Å². The fourth-order valence-electron chi connectivity index (χ4n) is 1.65. The molecule has 0 aliphatic carbocycles. The van der Waals surface area contributed by atoms with Crippen molar-refractivity contribution in [3.63, 3.8) is 0 Å². The Balaban J connectivity index is 2.40. The van der Waals surface area contributed by atoms with Gasteiger partial charge in [0, 0.05) is 5.69 Å². The highest BCUT2D eigenvalue weighted by Gasteiger charge is 2.17. The minimum absolute atomic E-state index is 0.0326. The Morgan fingerprint density at radius 2 is 1.80 bits per heavy atom. The largest absolute Gasteiger partial charge is 0.399 e. The van der Waals surface area contributed by atoms with Gasteiger partial charge in [0.1, 0.15) is 11.6 Å². The number of benzene rings is 2. The molecule has 0 saturated carbocycles. The fraction of sp³-hybridized carbons (Fsp3) is 0.0769. The van der Waals surface area contributed by atoms with Gasteiger partial charge in [-0.2, -0.15) is 0 Å². The number of aryl methyl sites for hydroxylation is 1. The lowest BCUT2D eigenvalue weighted by Crippen LogP contribution is -2.14. The maximum absolute atomic E-state index is 13.6.